The molecule has 0 fully saturated rings. The number of halogens is 1. The van der Waals surface area contributed by atoms with Crippen molar-refractivity contribution in [2.45, 2.75) is 18.9 Å². The van der Waals surface area contributed by atoms with Gasteiger partial charge in [0.15, 0.2) is 0 Å². The van der Waals surface area contributed by atoms with Crippen LogP contribution in [-0.4, -0.2) is 7.11 Å². The van der Waals surface area contributed by atoms with Crippen LogP contribution in [-0.2, 0) is 12.0 Å². The number of benzene rings is 1. The molecule has 4 heteroatoms. The summed E-state index contributed by atoms with van der Waals surface area (Å²) in [4.78, 5) is 1.26. The lowest BCUT2D eigenvalue weighted by molar-refractivity contribution is 0.387. The number of rotatable bonds is 4. The van der Waals surface area contributed by atoms with Gasteiger partial charge in [-0.2, -0.15) is 0 Å². The summed E-state index contributed by atoms with van der Waals surface area (Å²) in [5, 5.41) is 0. The maximum Gasteiger partial charge on any atom is 0.123 e. The Morgan fingerprint density at radius 3 is 2.61 bits per heavy atom. The molecule has 2 N–H and O–H groups in total. The van der Waals surface area contributed by atoms with Crippen molar-refractivity contribution in [2.75, 3.05) is 7.11 Å². The first kappa shape index (κ1) is 13.6. The molecule has 1 heterocycles. The first-order chi connectivity index (χ1) is 8.53. The Labute approximate surface area is 120 Å². The van der Waals surface area contributed by atoms with Crippen molar-refractivity contribution in [1.82, 2.24) is 0 Å². The van der Waals surface area contributed by atoms with Gasteiger partial charge in [0.1, 0.15) is 5.75 Å². The molecule has 0 aliphatic rings. The fraction of sp³-hybridized carbons (Fsp3) is 0.286. The van der Waals surface area contributed by atoms with Crippen molar-refractivity contribution in [2.24, 2.45) is 5.73 Å². The molecule has 0 bridgehead atoms. The fourth-order valence-electron chi connectivity index (χ4n) is 2.02. The van der Waals surface area contributed by atoms with Crippen LogP contribution in [0.3, 0.4) is 0 Å². The monoisotopic (exact) mass is 325 g/mol. The predicted molar refractivity (Wildman–Crippen MR) is 80.3 cm³/mol. The zero-order chi connectivity index (χ0) is 13.2. The van der Waals surface area contributed by atoms with E-state index in [9.17, 15) is 0 Å². The highest BCUT2D eigenvalue weighted by Crippen LogP contribution is 2.33. The third kappa shape index (κ3) is 2.94. The lowest BCUT2D eigenvalue weighted by Gasteiger charge is -2.26. The molecule has 1 aromatic heterocycles. The van der Waals surface area contributed by atoms with Crippen molar-refractivity contribution in [3.8, 4) is 5.75 Å². The number of thiophene rings is 1. The van der Waals surface area contributed by atoms with Gasteiger partial charge in [-0.05, 0) is 41.1 Å². The molecule has 1 unspecified atom stereocenters. The molecule has 96 valence electrons. The normalized spacial score (nSPS) is 14.2. The van der Waals surface area contributed by atoms with Crippen molar-refractivity contribution in [3.05, 3.63) is 50.6 Å². The summed E-state index contributed by atoms with van der Waals surface area (Å²) in [5.74, 6) is 0.845. The molecule has 0 amide bonds. The first-order valence-electron chi connectivity index (χ1n) is 5.69. The summed E-state index contributed by atoms with van der Waals surface area (Å²) >= 11 is 5.20. The Hall–Kier alpha value is -0.840. The minimum absolute atomic E-state index is 0.434. The SMILES string of the molecule is COc1ccccc1C(C)(N)Cc1ccc(Br)s1. The summed E-state index contributed by atoms with van der Waals surface area (Å²) in [7, 11) is 1.68. The number of para-hydroxylation sites is 1. The topological polar surface area (TPSA) is 35.2 Å². The van der Waals surface area contributed by atoms with Gasteiger partial charge < -0.3 is 10.5 Å². The van der Waals surface area contributed by atoms with Crippen molar-refractivity contribution in [3.63, 3.8) is 0 Å². The average Bonchev–Trinajstić information content (AvgIpc) is 2.74. The Morgan fingerprint density at radius 2 is 2.00 bits per heavy atom. The Morgan fingerprint density at radius 1 is 1.28 bits per heavy atom. The number of ether oxygens (including phenoxy) is 1. The van der Waals surface area contributed by atoms with Crippen LogP contribution >= 0.6 is 27.3 Å². The summed E-state index contributed by atoms with van der Waals surface area (Å²) in [6.07, 6.45) is 0.795. The molecule has 2 rings (SSSR count). The van der Waals surface area contributed by atoms with Crippen molar-refractivity contribution >= 4 is 27.3 Å². The smallest absolute Gasteiger partial charge is 0.123 e. The Bertz CT molecular complexity index is 536. The molecule has 0 radical (unpaired) electrons. The van der Waals surface area contributed by atoms with E-state index in [1.807, 2.05) is 31.2 Å². The lowest BCUT2D eigenvalue weighted by Crippen LogP contribution is -2.35. The summed E-state index contributed by atoms with van der Waals surface area (Å²) in [6.45, 7) is 2.04. The van der Waals surface area contributed by atoms with Crippen LogP contribution in [0.15, 0.2) is 40.2 Å². The third-order valence-electron chi connectivity index (χ3n) is 2.89. The first-order valence-corrected chi connectivity index (χ1v) is 7.30. The largest absolute Gasteiger partial charge is 0.496 e. The fourth-order valence-corrected chi connectivity index (χ4v) is 3.67. The summed E-state index contributed by atoms with van der Waals surface area (Å²) in [6, 6.07) is 12.1. The van der Waals surface area contributed by atoms with Gasteiger partial charge >= 0.3 is 0 Å². The van der Waals surface area contributed by atoms with Crippen LogP contribution in [0, 0.1) is 0 Å². The minimum atomic E-state index is -0.434. The molecule has 0 saturated heterocycles. The van der Waals surface area contributed by atoms with Gasteiger partial charge in [0.25, 0.3) is 0 Å². The van der Waals surface area contributed by atoms with Gasteiger partial charge in [0.05, 0.1) is 10.9 Å². The Balaban J connectivity index is 2.29. The van der Waals surface area contributed by atoms with Crippen molar-refractivity contribution in [1.29, 1.82) is 0 Å². The van der Waals surface area contributed by atoms with E-state index < -0.39 is 5.54 Å². The van der Waals surface area contributed by atoms with E-state index in [-0.39, 0.29) is 0 Å². The second-order valence-electron chi connectivity index (χ2n) is 4.50. The van der Waals surface area contributed by atoms with Crippen LogP contribution in [0.1, 0.15) is 17.4 Å². The van der Waals surface area contributed by atoms with Gasteiger partial charge in [0.2, 0.25) is 0 Å². The highest BCUT2D eigenvalue weighted by molar-refractivity contribution is 9.11. The zero-order valence-corrected chi connectivity index (χ0v) is 12.8. The van der Waals surface area contributed by atoms with Gasteiger partial charge in [-0.25, -0.2) is 0 Å². The quantitative estimate of drug-likeness (QED) is 0.924. The number of hydrogen-bond donors (Lipinski definition) is 1. The maximum absolute atomic E-state index is 6.47. The van der Waals surface area contributed by atoms with Crippen LogP contribution in [0.2, 0.25) is 0 Å². The van der Waals surface area contributed by atoms with E-state index in [0.717, 1.165) is 21.5 Å². The molecule has 1 atom stereocenters. The van der Waals surface area contributed by atoms with E-state index in [1.165, 1.54) is 4.88 Å². The second-order valence-corrected chi connectivity index (χ2v) is 7.05. The average molecular weight is 326 g/mol. The summed E-state index contributed by atoms with van der Waals surface area (Å²) < 4.78 is 6.52. The van der Waals surface area contributed by atoms with E-state index in [1.54, 1.807) is 18.4 Å². The van der Waals surface area contributed by atoms with Crippen molar-refractivity contribution < 1.29 is 4.74 Å². The zero-order valence-electron chi connectivity index (χ0n) is 10.4. The third-order valence-corrected chi connectivity index (χ3v) is 4.52. The van der Waals surface area contributed by atoms with Gasteiger partial charge in [-0.1, -0.05) is 18.2 Å². The highest BCUT2D eigenvalue weighted by Gasteiger charge is 2.25. The van der Waals surface area contributed by atoms with E-state index >= 15 is 0 Å². The molecule has 18 heavy (non-hydrogen) atoms. The predicted octanol–water partition coefficient (Wildman–Crippen LogP) is 3.94. The standard InChI is InChI=1S/C14H16BrNOS/c1-14(16,9-10-7-8-13(15)18-10)11-5-3-4-6-12(11)17-2/h3-8H,9,16H2,1-2H3. The molecule has 0 saturated carbocycles. The summed E-state index contributed by atoms with van der Waals surface area (Å²) in [5.41, 5.74) is 7.07. The van der Waals surface area contributed by atoms with E-state index in [0.29, 0.717) is 0 Å². The number of nitrogens with two attached hydrogens (primary N) is 1. The van der Waals surface area contributed by atoms with Gasteiger partial charge in [-0.15, -0.1) is 11.3 Å². The molecule has 0 spiro atoms. The molecule has 1 aromatic carbocycles. The minimum Gasteiger partial charge on any atom is -0.496 e. The lowest BCUT2D eigenvalue weighted by atomic mass is 9.88. The van der Waals surface area contributed by atoms with E-state index in [2.05, 4.69) is 28.1 Å². The second kappa shape index (κ2) is 5.43. The highest BCUT2D eigenvalue weighted by atomic mass is 79.9. The van der Waals surface area contributed by atoms with Crippen LogP contribution < -0.4 is 10.5 Å². The molecule has 0 aliphatic heterocycles. The van der Waals surface area contributed by atoms with Crippen LogP contribution in [0.4, 0.5) is 0 Å². The molecule has 0 aliphatic carbocycles. The van der Waals surface area contributed by atoms with Gasteiger partial charge in [-0.3, -0.25) is 0 Å². The molecular formula is C14H16BrNOS. The number of hydrogen-bond acceptors (Lipinski definition) is 3. The maximum atomic E-state index is 6.47. The van der Waals surface area contributed by atoms with Crippen LogP contribution in [0.5, 0.6) is 5.75 Å². The molecule has 2 aromatic rings. The Kier molecular flexibility index (Phi) is 4.10. The molecule has 2 nitrogen and oxygen atoms in total. The van der Waals surface area contributed by atoms with Gasteiger partial charge in [0, 0.05) is 22.4 Å². The van der Waals surface area contributed by atoms with E-state index in [4.69, 9.17) is 10.5 Å². The molecular weight excluding hydrogens is 310 g/mol. The van der Waals surface area contributed by atoms with Crippen LogP contribution in [0.25, 0.3) is 0 Å². The number of methoxy groups -OCH3 is 1.